The van der Waals surface area contributed by atoms with Crippen LogP contribution < -0.4 is 14.8 Å². The van der Waals surface area contributed by atoms with Gasteiger partial charge in [-0.1, -0.05) is 12.1 Å². The number of nitro groups is 1. The van der Waals surface area contributed by atoms with Crippen LogP contribution in [0.5, 0.6) is 11.5 Å². The number of para-hydroxylation sites is 1. The minimum atomic E-state index is -0.488. The van der Waals surface area contributed by atoms with Gasteiger partial charge in [-0.05, 0) is 30.3 Å². The molecule has 0 bridgehead atoms. The number of nitrogens with zero attached hydrogens (tertiary/aromatic N) is 2. The normalized spacial score (nSPS) is 12.7. The molecule has 0 atom stereocenters. The van der Waals surface area contributed by atoms with Crippen LogP contribution in [0.25, 0.3) is 17.3 Å². The van der Waals surface area contributed by atoms with Gasteiger partial charge >= 0.3 is 0 Å². The molecule has 1 N–H and O–H groups in total. The van der Waals surface area contributed by atoms with Crippen LogP contribution in [-0.2, 0) is 4.79 Å². The first-order valence-electron chi connectivity index (χ1n) is 8.68. The average Bonchev–Trinajstić information content (AvgIpc) is 3.20. The summed E-state index contributed by atoms with van der Waals surface area (Å²) in [6.45, 7) is 1.03. The van der Waals surface area contributed by atoms with Gasteiger partial charge in [0.2, 0.25) is 5.91 Å². The maximum atomic E-state index is 12.2. The Morgan fingerprint density at radius 1 is 1.17 bits per heavy atom. The highest BCUT2D eigenvalue weighted by Gasteiger charge is 2.14. The van der Waals surface area contributed by atoms with E-state index < -0.39 is 10.8 Å². The maximum absolute atomic E-state index is 12.2. The molecule has 29 heavy (non-hydrogen) atoms. The monoisotopic (exact) mass is 409 g/mol. The van der Waals surface area contributed by atoms with Crippen molar-refractivity contribution in [3.63, 3.8) is 0 Å². The molecule has 1 aliphatic heterocycles. The first-order valence-corrected chi connectivity index (χ1v) is 9.56. The summed E-state index contributed by atoms with van der Waals surface area (Å²) in [4.78, 5) is 27.1. The topological polar surface area (TPSA) is 104 Å². The number of hydrogen-bond acceptors (Lipinski definition) is 7. The van der Waals surface area contributed by atoms with Crippen molar-refractivity contribution in [2.24, 2.45) is 0 Å². The van der Waals surface area contributed by atoms with E-state index in [-0.39, 0.29) is 5.69 Å². The quantitative estimate of drug-likeness (QED) is 0.386. The van der Waals surface area contributed by atoms with Crippen LogP contribution in [0.1, 0.15) is 5.56 Å². The number of carbonyl (C=O) groups excluding carboxylic acids is 1. The molecule has 2 aromatic carbocycles. The molecule has 1 amide bonds. The first-order chi connectivity index (χ1) is 14.1. The molecule has 4 rings (SSSR count). The molecule has 0 fully saturated rings. The minimum Gasteiger partial charge on any atom is -0.486 e. The van der Waals surface area contributed by atoms with Crippen molar-refractivity contribution in [1.82, 2.24) is 4.98 Å². The Labute approximate surface area is 169 Å². The van der Waals surface area contributed by atoms with Crippen LogP contribution in [0.2, 0.25) is 0 Å². The second kappa shape index (κ2) is 8.11. The number of aromatic nitrogens is 1. The Morgan fingerprint density at radius 2 is 1.97 bits per heavy atom. The largest absolute Gasteiger partial charge is 0.486 e. The summed E-state index contributed by atoms with van der Waals surface area (Å²) in [7, 11) is 0. The Hall–Kier alpha value is -3.72. The van der Waals surface area contributed by atoms with Gasteiger partial charge < -0.3 is 9.47 Å². The van der Waals surface area contributed by atoms with Crippen molar-refractivity contribution in [3.8, 4) is 22.8 Å². The molecule has 0 radical (unpaired) electrons. The number of rotatable bonds is 5. The molecule has 3 aromatic rings. The molecule has 0 spiro atoms. The SMILES string of the molecule is O=C(/C=C/c1ccccc1[N+](=O)[O-])Nc1nc(-c2ccc3c(c2)OCCO3)cs1. The zero-order chi connectivity index (χ0) is 20.2. The number of thiazole rings is 1. The van der Waals surface area contributed by atoms with Gasteiger partial charge in [-0.2, -0.15) is 0 Å². The van der Waals surface area contributed by atoms with Crippen molar-refractivity contribution in [1.29, 1.82) is 0 Å². The van der Waals surface area contributed by atoms with E-state index in [9.17, 15) is 14.9 Å². The van der Waals surface area contributed by atoms with Gasteiger partial charge in [0.15, 0.2) is 16.6 Å². The summed E-state index contributed by atoms with van der Waals surface area (Å²) < 4.78 is 11.1. The van der Waals surface area contributed by atoms with Gasteiger partial charge in [-0.25, -0.2) is 4.98 Å². The molecule has 2 heterocycles. The van der Waals surface area contributed by atoms with Crippen molar-refractivity contribution in [3.05, 3.63) is 69.6 Å². The maximum Gasteiger partial charge on any atom is 0.276 e. The Morgan fingerprint density at radius 3 is 2.79 bits per heavy atom. The number of benzene rings is 2. The van der Waals surface area contributed by atoms with Crippen molar-refractivity contribution in [2.45, 2.75) is 0 Å². The van der Waals surface area contributed by atoms with Gasteiger partial charge in [-0.3, -0.25) is 20.2 Å². The van der Waals surface area contributed by atoms with Crippen LogP contribution >= 0.6 is 11.3 Å². The smallest absolute Gasteiger partial charge is 0.276 e. The van der Waals surface area contributed by atoms with Crippen LogP contribution in [-0.4, -0.2) is 29.0 Å². The summed E-state index contributed by atoms with van der Waals surface area (Å²) in [6, 6.07) is 11.8. The fraction of sp³-hybridized carbons (Fsp3) is 0.100. The molecule has 0 saturated heterocycles. The molecule has 0 aliphatic carbocycles. The van der Waals surface area contributed by atoms with E-state index in [2.05, 4.69) is 10.3 Å². The Kier molecular flexibility index (Phi) is 5.21. The predicted molar refractivity (Wildman–Crippen MR) is 109 cm³/mol. The summed E-state index contributed by atoms with van der Waals surface area (Å²) in [5.74, 6) is 0.940. The van der Waals surface area contributed by atoms with E-state index in [0.717, 1.165) is 5.56 Å². The highest BCUT2D eigenvalue weighted by atomic mass is 32.1. The fourth-order valence-corrected chi connectivity index (χ4v) is 3.50. The number of carbonyl (C=O) groups is 1. The Bertz CT molecular complexity index is 1110. The number of nitrogens with one attached hydrogen (secondary N) is 1. The third kappa shape index (κ3) is 4.25. The van der Waals surface area contributed by atoms with Gasteiger partial charge in [0.25, 0.3) is 5.69 Å². The van der Waals surface area contributed by atoms with Crippen LogP contribution in [0.15, 0.2) is 53.9 Å². The molecule has 1 aromatic heterocycles. The zero-order valence-corrected chi connectivity index (χ0v) is 15.8. The fourth-order valence-electron chi connectivity index (χ4n) is 2.77. The predicted octanol–water partition coefficient (Wildman–Crippen LogP) is 4.14. The van der Waals surface area contributed by atoms with Gasteiger partial charge in [-0.15, -0.1) is 11.3 Å². The third-order valence-electron chi connectivity index (χ3n) is 4.12. The van der Waals surface area contributed by atoms with Crippen molar-refractivity contribution >= 4 is 34.1 Å². The van der Waals surface area contributed by atoms with Crippen LogP contribution in [0.4, 0.5) is 10.8 Å². The number of amides is 1. The number of hydrogen-bond donors (Lipinski definition) is 1. The lowest BCUT2D eigenvalue weighted by molar-refractivity contribution is -0.385. The molecule has 8 nitrogen and oxygen atoms in total. The van der Waals surface area contributed by atoms with Crippen LogP contribution in [0, 0.1) is 10.1 Å². The summed E-state index contributed by atoms with van der Waals surface area (Å²) in [5.41, 5.74) is 1.84. The van der Waals surface area contributed by atoms with E-state index in [4.69, 9.17) is 9.47 Å². The van der Waals surface area contributed by atoms with E-state index >= 15 is 0 Å². The number of fused-ring (bicyclic) bond motifs is 1. The Balaban J connectivity index is 1.45. The standard InChI is InChI=1S/C20H15N3O5S/c24-19(8-6-13-3-1-2-4-16(13)23(25)26)22-20-21-15(12-29-20)14-5-7-17-18(11-14)28-10-9-27-17/h1-8,11-12H,9-10H2,(H,21,22,24)/b8-6+. The molecule has 146 valence electrons. The summed E-state index contributed by atoms with van der Waals surface area (Å²) >= 11 is 1.28. The number of nitro benzene ring substituents is 1. The molecular formula is C20H15N3O5S. The van der Waals surface area contributed by atoms with Crippen molar-refractivity contribution < 1.29 is 19.2 Å². The molecule has 9 heteroatoms. The zero-order valence-electron chi connectivity index (χ0n) is 15.0. The van der Waals surface area contributed by atoms with Gasteiger partial charge in [0.05, 0.1) is 16.2 Å². The van der Waals surface area contributed by atoms with Crippen LogP contribution in [0.3, 0.4) is 0 Å². The van der Waals surface area contributed by atoms with E-state index in [1.165, 1.54) is 29.6 Å². The molecule has 0 saturated carbocycles. The summed E-state index contributed by atoms with van der Waals surface area (Å²) in [5, 5.41) is 15.9. The van der Waals surface area contributed by atoms with Gasteiger partial charge in [0.1, 0.15) is 13.2 Å². The highest BCUT2D eigenvalue weighted by molar-refractivity contribution is 7.14. The lowest BCUT2D eigenvalue weighted by Crippen LogP contribution is -2.15. The molecular weight excluding hydrogens is 394 g/mol. The van der Waals surface area contributed by atoms with Crippen molar-refractivity contribution in [2.75, 3.05) is 18.5 Å². The minimum absolute atomic E-state index is 0.0632. The lowest BCUT2D eigenvalue weighted by atomic mass is 10.1. The molecule has 0 unspecified atom stereocenters. The second-order valence-electron chi connectivity index (χ2n) is 6.03. The van der Waals surface area contributed by atoms with E-state index in [0.29, 0.717) is 41.1 Å². The molecule has 1 aliphatic rings. The lowest BCUT2D eigenvalue weighted by Gasteiger charge is -2.18. The average molecular weight is 409 g/mol. The summed E-state index contributed by atoms with van der Waals surface area (Å²) in [6.07, 6.45) is 2.65. The number of ether oxygens (including phenoxy) is 2. The van der Waals surface area contributed by atoms with E-state index in [1.807, 2.05) is 23.6 Å². The number of anilines is 1. The van der Waals surface area contributed by atoms with E-state index in [1.54, 1.807) is 18.2 Å². The highest BCUT2D eigenvalue weighted by Crippen LogP contribution is 2.35. The second-order valence-corrected chi connectivity index (χ2v) is 6.89. The third-order valence-corrected chi connectivity index (χ3v) is 4.88. The first kappa shape index (κ1) is 18.6. The van der Waals surface area contributed by atoms with Gasteiger partial charge in [0, 0.05) is 23.1 Å².